The van der Waals surface area contributed by atoms with Crippen molar-refractivity contribution in [1.29, 1.82) is 0 Å². The van der Waals surface area contributed by atoms with Crippen molar-refractivity contribution in [2.45, 2.75) is 38.7 Å². The molecular weight excluding hydrogens is 292 g/mol. The summed E-state index contributed by atoms with van der Waals surface area (Å²) in [6, 6.07) is 0. The van der Waals surface area contributed by atoms with Gasteiger partial charge in [0.2, 0.25) is 15.9 Å². The number of carbonyl (C=O) groups is 1. The summed E-state index contributed by atoms with van der Waals surface area (Å²) in [4.78, 5) is 14.1. The zero-order valence-corrected chi connectivity index (χ0v) is 13.8. The van der Waals surface area contributed by atoms with Gasteiger partial charge in [0, 0.05) is 26.2 Å². The Morgan fingerprint density at radius 2 is 2.10 bits per heavy atom. The van der Waals surface area contributed by atoms with Crippen LogP contribution in [0.25, 0.3) is 0 Å². The highest BCUT2D eigenvalue weighted by atomic mass is 32.2. The van der Waals surface area contributed by atoms with Crippen molar-refractivity contribution in [3.8, 4) is 0 Å². The Hall–Kier alpha value is -0.660. The molecule has 2 unspecified atom stereocenters. The molecule has 2 heterocycles. The topological polar surface area (TPSA) is 66.9 Å². The third-order valence-corrected chi connectivity index (χ3v) is 5.44. The molecular formula is C14H26N2O4S. The van der Waals surface area contributed by atoms with Crippen molar-refractivity contribution in [2.24, 2.45) is 5.92 Å². The van der Waals surface area contributed by atoms with E-state index in [1.54, 1.807) is 4.90 Å². The van der Waals surface area contributed by atoms with Crippen LogP contribution in [0.3, 0.4) is 0 Å². The summed E-state index contributed by atoms with van der Waals surface area (Å²) >= 11 is 0. The van der Waals surface area contributed by atoms with Crippen molar-refractivity contribution in [2.75, 3.05) is 39.0 Å². The maximum atomic E-state index is 12.4. The van der Waals surface area contributed by atoms with Gasteiger partial charge in [-0.1, -0.05) is 6.92 Å². The average Bonchev–Trinajstić information content (AvgIpc) is 2.89. The zero-order chi connectivity index (χ0) is 15.5. The molecule has 2 atom stereocenters. The van der Waals surface area contributed by atoms with Gasteiger partial charge in [-0.25, -0.2) is 8.42 Å². The molecule has 2 fully saturated rings. The van der Waals surface area contributed by atoms with Gasteiger partial charge in [-0.15, -0.1) is 0 Å². The third-order valence-electron chi connectivity index (χ3n) is 4.22. The Morgan fingerprint density at radius 3 is 2.67 bits per heavy atom. The molecule has 0 bridgehead atoms. The first-order chi connectivity index (χ1) is 9.86. The van der Waals surface area contributed by atoms with Gasteiger partial charge in [0.25, 0.3) is 0 Å². The van der Waals surface area contributed by atoms with Crippen LogP contribution in [-0.4, -0.2) is 68.7 Å². The van der Waals surface area contributed by atoms with E-state index in [2.05, 4.69) is 6.92 Å². The first-order valence-electron chi connectivity index (χ1n) is 7.71. The molecule has 2 aliphatic heterocycles. The molecule has 2 saturated heterocycles. The van der Waals surface area contributed by atoms with Gasteiger partial charge in [0.15, 0.2) is 0 Å². The molecule has 0 aliphatic carbocycles. The Kier molecular flexibility index (Phi) is 5.62. The fourth-order valence-corrected chi connectivity index (χ4v) is 3.78. The van der Waals surface area contributed by atoms with E-state index < -0.39 is 10.0 Å². The molecule has 122 valence electrons. The Bertz CT molecular complexity index is 460. The van der Waals surface area contributed by atoms with Crippen LogP contribution in [0.2, 0.25) is 0 Å². The fraction of sp³-hybridized carbons (Fsp3) is 0.929. The van der Waals surface area contributed by atoms with E-state index in [0.29, 0.717) is 12.5 Å². The largest absolute Gasteiger partial charge is 0.377 e. The maximum absolute atomic E-state index is 12.4. The SMILES string of the molecule is CC1CCCN(C(=O)CN(CC2CCCO2)S(C)(=O)=O)C1. The molecule has 1 amide bonds. The van der Waals surface area contributed by atoms with Crippen molar-refractivity contribution in [3.05, 3.63) is 0 Å². The van der Waals surface area contributed by atoms with Crippen molar-refractivity contribution >= 4 is 15.9 Å². The van der Waals surface area contributed by atoms with Crippen LogP contribution in [0.5, 0.6) is 0 Å². The molecule has 0 aromatic rings. The first-order valence-corrected chi connectivity index (χ1v) is 9.55. The van der Waals surface area contributed by atoms with Crippen LogP contribution < -0.4 is 0 Å². The molecule has 0 radical (unpaired) electrons. The number of ether oxygens (including phenoxy) is 1. The maximum Gasteiger partial charge on any atom is 0.237 e. The highest BCUT2D eigenvalue weighted by Crippen LogP contribution is 2.18. The standard InChI is InChI=1S/C14H26N2O4S/c1-12-5-3-7-15(9-12)14(17)11-16(21(2,18)19)10-13-6-4-8-20-13/h12-13H,3-11H2,1-2H3. The number of carbonyl (C=O) groups excluding carboxylic acids is 1. The quantitative estimate of drug-likeness (QED) is 0.748. The number of hydrogen-bond donors (Lipinski definition) is 0. The Morgan fingerprint density at radius 1 is 1.33 bits per heavy atom. The highest BCUT2D eigenvalue weighted by Gasteiger charge is 2.29. The number of sulfonamides is 1. The third kappa shape index (κ3) is 4.93. The monoisotopic (exact) mass is 318 g/mol. The number of hydrogen-bond acceptors (Lipinski definition) is 4. The number of piperidine rings is 1. The molecule has 0 N–H and O–H groups in total. The second-order valence-corrected chi connectivity index (χ2v) is 8.26. The minimum absolute atomic E-state index is 0.0641. The van der Waals surface area contributed by atoms with Gasteiger partial charge >= 0.3 is 0 Å². The lowest BCUT2D eigenvalue weighted by Gasteiger charge is -2.32. The molecule has 6 nitrogen and oxygen atoms in total. The fourth-order valence-electron chi connectivity index (χ4n) is 3.00. The van der Waals surface area contributed by atoms with Crippen LogP contribution in [0, 0.1) is 5.92 Å². The number of rotatable bonds is 5. The first kappa shape index (κ1) is 16.7. The lowest BCUT2D eigenvalue weighted by atomic mass is 10.0. The predicted molar refractivity (Wildman–Crippen MR) is 80.4 cm³/mol. The second-order valence-electron chi connectivity index (χ2n) is 6.28. The minimum atomic E-state index is -3.39. The molecule has 2 rings (SSSR count). The average molecular weight is 318 g/mol. The molecule has 2 aliphatic rings. The van der Waals surface area contributed by atoms with Crippen LogP contribution in [0.15, 0.2) is 0 Å². The van der Waals surface area contributed by atoms with Crippen LogP contribution >= 0.6 is 0 Å². The van der Waals surface area contributed by atoms with E-state index >= 15 is 0 Å². The Balaban J connectivity index is 1.95. The molecule has 0 aromatic carbocycles. The van der Waals surface area contributed by atoms with E-state index in [0.717, 1.165) is 45.0 Å². The summed E-state index contributed by atoms with van der Waals surface area (Å²) in [7, 11) is -3.39. The van der Waals surface area contributed by atoms with Crippen molar-refractivity contribution in [1.82, 2.24) is 9.21 Å². The summed E-state index contributed by atoms with van der Waals surface area (Å²) in [6.07, 6.45) is 5.04. The number of likely N-dealkylation sites (tertiary alicyclic amines) is 1. The summed E-state index contributed by atoms with van der Waals surface area (Å²) in [5.41, 5.74) is 0. The normalized spacial score (nSPS) is 27.3. The second kappa shape index (κ2) is 7.07. The van der Waals surface area contributed by atoms with Crippen LogP contribution in [0.4, 0.5) is 0 Å². The van der Waals surface area contributed by atoms with E-state index in [-0.39, 0.29) is 25.1 Å². The van der Waals surface area contributed by atoms with E-state index in [1.807, 2.05) is 0 Å². The molecule has 0 saturated carbocycles. The van der Waals surface area contributed by atoms with E-state index in [4.69, 9.17) is 4.74 Å². The minimum Gasteiger partial charge on any atom is -0.377 e. The van der Waals surface area contributed by atoms with Gasteiger partial charge in [-0.3, -0.25) is 4.79 Å². The molecule has 0 aromatic heterocycles. The van der Waals surface area contributed by atoms with E-state index in [1.165, 1.54) is 4.31 Å². The molecule has 7 heteroatoms. The molecule has 0 spiro atoms. The van der Waals surface area contributed by atoms with Crippen molar-refractivity contribution < 1.29 is 17.9 Å². The van der Waals surface area contributed by atoms with Crippen LogP contribution in [-0.2, 0) is 19.6 Å². The number of nitrogens with zero attached hydrogens (tertiary/aromatic N) is 2. The summed E-state index contributed by atoms with van der Waals surface area (Å²) < 4.78 is 30.6. The van der Waals surface area contributed by atoms with Gasteiger partial charge < -0.3 is 9.64 Å². The van der Waals surface area contributed by atoms with Crippen LogP contribution in [0.1, 0.15) is 32.6 Å². The summed E-state index contributed by atoms with van der Waals surface area (Å²) in [5, 5.41) is 0. The Labute approximate surface area is 127 Å². The van der Waals surface area contributed by atoms with Gasteiger partial charge in [-0.2, -0.15) is 4.31 Å². The van der Waals surface area contributed by atoms with Crippen molar-refractivity contribution in [3.63, 3.8) is 0 Å². The summed E-state index contributed by atoms with van der Waals surface area (Å²) in [5.74, 6) is 0.400. The lowest BCUT2D eigenvalue weighted by molar-refractivity contribution is -0.133. The van der Waals surface area contributed by atoms with Gasteiger partial charge in [-0.05, 0) is 31.6 Å². The summed E-state index contributed by atoms with van der Waals surface area (Å²) in [6.45, 7) is 4.50. The zero-order valence-electron chi connectivity index (χ0n) is 13.0. The van der Waals surface area contributed by atoms with E-state index in [9.17, 15) is 13.2 Å². The van der Waals surface area contributed by atoms with Gasteiger partial charge in [0.05, 0.1) is 18.9 Å². The highest BCUT2D eigenvalue weighted by molar-refractivity contribution is 7.88. The lowest BCUT2D eigenvalue weighted by Crippen LogP contribution is -2.47. The van der Waals surface area contributed by atoms with Gasteiger partial charge in [0.1, 0.15) is 0 Å². The number of amides is 1. The predicted octanol–water partition coefficient (Wildman–Crippen LogP) is 0.686. The molecule has 21 heavy (non-hydrogen) atoms. The smallest absolute Gasteiger partial charge is 0.237 e.